The van der Waals surface area contributed by atoms with E-state index in [1.54, 1.807) is 0 Å². The highest BCUT2D eigenvalue weighted by Crippen LogP contribution is 2.20. The topological polar surface area (TPSA) is 24.5 Å². The lowest BCUT2D eigenvalue weighted by Gasteiger charge is -2.39. The van der Waals surface area contributed by atoms with E-state index in [-0.39, 0.29) is 0 Å². The Balaban J connectivity index is 1.87. The summed E-state index contributed by atoms with van der Waals surface area (Å²) in [5.41, 5.74) is 0. The molecule has 1 unspecified atom stereocenters. The third kappa shape index (κ3) is 4.55. The lowest BCUT2D eigenvalue weighted by molar-refractivity contribution is 0.00163. The second-order valence-corrected chi connectivity index (χ2v) is 6.53. The molecule has 1 fully saturated rings. The van der Waals surface area contributed by atoms with Crippen LogP contribution in [0.3, 0.4) is 0 Å². The lowest BCUT2D eigenvalue weighted by Crippen LogP contribution is -2.51. The monoisotopic (exact) mass is 296 g/mol. The van der Waals surface area contributed by atoms with Crippen LogP contribution in [0.15, 0.2) is 17.5 Å². The number of nitrogens with one attached hydrogen (secondary N) is 1. The zero-order valence-corrected chi connectivity index (χ0v) is 13.6. The van der Waals surface area contributed by atoms with Gasteiger partial charge in [0.1, 0.15) is 0 Å². The fourth-order valence-electron chi connectivity index (χ4n) is 3.09. The van der Waals surface area contributed by atoms with Crippen molar-refractivity contribution >= 4 is 11.3 Å². The number of thiophene rings is 1. The molecule has 1 aromatic heterocycles. The molecule has 3 nitrogen and oxygen atoms in total. The third-order valence-corrected chi connectivity index (χ3v) is 5.22. The maximum atomic E-state index is 5.50. The highest BCUT2D eigenvalue weighted by Gasteiger charge is 2.26. The maximum absolute atomic E-state index is 5.50. The molecule has 1 aromatic rings. The summed E-state index contributed by atoms with van der Waals surface area (Å²) < 4.78 is 5.50. The predicted molar refractivity (Wildman–Crippen MR) is 86.3 cm³/mol. The number of morpholine rings is 1. The highest BCUT2D eigenvalue weighted by atomic mass is 32.1. The van der Waals surface area contributed by atoms with Crippen molar-refractivity contribution in [1.82, 2.24) is 10.2 Å². The van der Waals surface area contributed by atoms with Crippen LogP contribution in [0, 0.1) is 5.92 Å². The summed E-state index contributed by atoms with van der Waals surface area (Å²) >= 11 is 1.83. The largest absolute Gasteiger partial charge is 0.379 e. The Labute approximate surface area is 127 Å². The first-order valence-electron chi connectivity index (χ1n) is 7.90. The van der Waals surface area contributed by atoms with Crippen molar-refractivity contribution in [3.05, 3.63) is 22.4 Å². The van der Waals surface area contributed by atoms with Gasteiger partial charge in [-0.15, -0.1) is 11.3 Å². The predicted octanol–water partition coefficient (Wildman–Crippen LogP) is 2.97. The molecule has 2 heterocycles. The molecule has 0 aliphatic carbocycles. The van der Waals surface area contributed by atoms with Crippen LogP contribution in [-0.2, 0) is 11.3 Å². The first kappa shape index (κ1) is 16.0. The Bertz CT molecular complexity index is 345. The molecule has 4 heteroatoms. The molecule has 1 saturated heterocycles. The Kier molecular flexibility index (Phi) is 7.00. The van der Waals surface area contributed by atoms with Gasteiger partial charge in [-0.2, -0.15) is 0 Å². The van der Waals surface area contributed by atoms with Crippen molar-refractivity contribution in [2.45, 2.75) is 39.3 Å². The van der Waals surface area contributed by atoms with Gasteiger partial charge in [0.25, 0.3) is 0 Å². The van der Waals surface area contributed by atoms with Crippen LogP contribution in [-0.4, -0.2) is 43.8 Å². The van der Waals surface area contributed by atoms with Crippen molar-refractivity contribution in [1.29, 1.82) is 0 Å². The molecule has 1 aliphatic rings. The summed E-state index contributed by atoms with van der Waals surface area (Å²) in [5.74, 6) is 0.781. The van der Waals surface area contributed by atoms with Crippen molar-refractivity contribution < 1.29 is 4.74 Å². The smallest absolute Gasteiger partial charge is 0.0594 e. The highest BCUT2D eigenvalue weighted by molar-refractivity contribution is 7.09. The van der Waals surface area contributed by atoms with Crippen LogP contribution in [0.2, 0.25) is 0 Å². The van der Waals surface area contributed by atoms with Gasteiger partial charge < -0.3 is 10.1 Å². The first-order valence-corrected chi connectivity index (χ1v) is 8.78. The summed E-state index contributed by atoms with van der Waals surface area (Å²) in [6.45, 7) is 10.7. The average molecular weight is 296 g/mol. The van der Waals surface area contributed by atoms with Crippen LogP contribution in [0.1, 0.15) is 31.6 Å². The molecule has 1 N–H and O–H groups in total. The SMILES string of the molecule is CCC(CC)C(CNCc1cccs1)N1CCOCC1. The second kappa shape index (κ2) is 8.78. The second-order valence-electron chi connectivity index (χ2n) is 5.50. The van der Waals surface area contributed by atoms with Crippen LogP contribution in [0.25, 0.3) is 0 Å². The molecule has 0 saturated carbocycles. The molecule has 0 radical (unpaired) electrons. The maximum Gasteiger partial charge on any atom is 0.0594 e. The van der Waals surface area contributed by atoms with Crippen molar-refractivity contribution in [3.63, 3.8) is 0 Å². The molecule has 2 rings (SSSR count). The normalized spacial score (nSPS) is 18.6. The Morgan fingerprint density at radius 2 is 2.05 bits per heavy atom. The van der Waals surface area contributed by atoms with Gasteiger partial charge in [0.2, 0.25) is 0 Å². The van der Waals surface area contributed by atoms with Crippen LogP contribution in [0.4, 0.5) is 0 Å². The third-order valence-electron chi connectivity index (χ3n) is 4.34. The molecule has 114 valence electrons. The van der Waals surface area contributed by atoms with Crippen LogP contribution in [0.5, 0.6) is 0 Å². The van der Waals surface area contributed by atoms with E-state index in [1.807, 2.05) is 11.3 Å². The van der Waals surface area contributed by atoms with E-state index in [0.29, 0.717) is 6.04 Å². The number of hydrogen-bond donors (Lipinski definition) is 1. The Hall–Kier alpha value is -0.420. The molecule has 0 amide bonds. The van der Waals surface area contributed by atoms with Gasteiger partial charge in [0.15, 0.2) is 0 Å². The van der Waals surface area contributed by atoms with Gasteiger partial charge >= 0.3 is 0 Å². The summed E-state index contributed by atoms with van der Waals surface area (Å²) in [7, 11) is 0. The molecule has 1 atom stereocenters. The van der Waals surface area contributed by atoms with Gasteiger partial charge in [-0.05, 0) is 17.4 Å². The fourth-order valence-corrected chi connectivity index (χ4v) is 3.77. The van der Waals surface area contributed by atoms with Crippen LogP contribution < -0.4 is 5.32 Å². The summed E-state index contributed by atoms with van der Waals surface area (Å²) in [5, 5.41) is 5.81. The van der Waals surface area contributed by atoms with E-state index >= 15 is 0 Å². The standard InChI is InChI=1S/C16H28N2OS/c1-3-14(4-2)16(18-7-9-19-10-8-18)13-17-12-15-6-5-11-20-15/h5-6,11,14,16-17H,3-4,7-10,12-13H2,1-2H3. The summed E-state index contributed by atoms with van der Waals surface area (Å²) in [4.78, 5) is 4.05. The zero-order chi connectivity index (χ0) is 14.2. The molecule has 0 aromatic carbocycles. The number of rotatable bonds is 8. The average Bonchev–Trinajstić information content (AvgIpc) is 3.01. The number of ether oxygens (including phenoxy) is 1. The van der Waals surface area contributed by atoms with E-state index in [9.17, 15) is 0 Å². The van der Waals surface area contributed by atoms with Crippen molar-refractivity contribution in [3.8, 4) is 0 Å². The van der Waals surface area contributed by atoms with E-state index in [4.69, 9.17) is 4.74 Å². The summed E-state index contributed by atoms with van der Waals surface area (Å²) in [6.07, 6.45) is 2.53. The van der Waals surface area contributed by atoms with Gasteiger partial charge in [-0.3, -0.25) is 4.90 Å². The lowest BCUT2D eigenvalue weighted by atomic mass is 9.92. The minimum atomic E-state index is 0.647. The first-order chi connectivity index (χ1) is 9.85. The minimum absolute atomic E-state index is 0.647. The number of nitrogens with zero attached hydrogens (tertiary/aromatic N) is 1. The van der Waals surface area contributed by atoms with Crippen molar-refractivity contribution in [2.75, 3.05) is 32.8 Å². The van der Waals surface area contributed by atoms with E-state index < -0.39 is 0 Å². The van der Waals surface area contributed by atoms with Gasteiger partial charge in [-0.1, -0.05) is 32.8 Å². The van der Waals surface area contributed by atoms with Gasteiger partial charge in [0, 0.05) is 37.1 Å². The number of hydrogen-bond acceptors (Lipinski definition) is 4. The van der Waals surface area contributed by atoms with Crippen LogP contribution >= 0.6 is 11.3 Å². The summed E-state index contributed by atoms with van der Waals surface area (Å²) in [6, 6.07) is 4.98. The Morgan fingerprint density at radius 3 is 2.65 bits per heavy atom. The van der Waals surface area contributed by atoms with Gasteiger partial charge in [0.05, 0.1) is 13.2 Å². The molecule has 0 spiro atoms. The quantitative estimate of drug-likeness (QED) is 0.798. The van der Waals surface area contributed by atoms with E-state index in [2.05, 4.69) is 41.6 Å². The minimum Gasteiger partial charge on any atom is -0.379 e. The fraction of sp³-hybridized carbons (Fsp3) is 0.750. The molecular weight excluding hydrogens is 268 g/mol. The molecular formula is C16H28N2OS. The van der Waals surface area contributed by atoms with E-state index in [1.165, 1.54) is 17.7 Å². The molecule has 1 aliphatic heterocycles. The molecule has 0 bridgehead atoms. The van der Waals surface area contributed by atoms with Crippen molar-refractivity contribution in [2.24, 2.45) is 5.92 Å². The van der Waals surface area contributed by atoms with E-state index in [0.717, 1.165) is 45.3 Å². The molecule has 20 heavy (non-hydrogen) atoms. The van der Waals surface area contributed by atoms with Gasteiger partial charge in [-0.25, -0.2) is 0 Å². The zero-order valence-electron chi connectivity index (χ0n) is 12.8. The Morgan fingerprint density at radius 1 is 1.30 bits per heavy atom.